The zero-order valence-corrected chi connectivity index (χ0v) is 78.7. The topological polar surface area (TPSA) is 141 Å². The summed E-state index contributed by atoms with van der Waals surface area (Å²) in [6.07, 6.45) is 0. The van der Waals surface area contributed by atoms with Gasteiger partial charge in [-0.25, -0.2) is 9.97 Å². The summed E-state index contributed by atoms with van der Waals surface area (Å²) in [6.45, 7) is 14.1. The van der Waals surface area contributed by atoms with Crippen molar-refractivity contribution in [2.45, 2.75) is 57.8 Å². The fourth-order valence-corrected chi connectivity index (χ4v) is 24.0. The van der Waals surface area contributed by atoms with Crippen LogP contribution in [0.2, 0.25) is 0 Å². The van der Waals surface area contributed by atoms with E-state index in [4.69, 9.17) is 44.9 Å². The highest BCUT2D eigenvalue weighted by atomic mass is 15.3. The van der Waals surface area contributed by atoms with Crippen LogP contribution in [-0.4, -0.2) is 67.7 Å². The van der Waals surface area contributed by atoms with Crippen LogP contribution in [0.15, 0.2) is 425 Å². The standard InChI is InChI=1S/C48H32N6.C44H30N4.C36H26N4/c1-48(2)36-21-9-3-15-29(36)34-27-28-42-43(44(34)48)35-20-8-14-26-41(35)54(42)47-50-45(52-37-22-10-4-16-30(37)31-17-5-11-23-38(31)52)49-46(51-47)53-39-24-12-6-18-32(39)33-19-7-13-25-40(33)53;1-44(2)36-23-9-7-19-31(36)32-25-26-38-39(40(32)44)35-20-8-10-24-37(35)48(38)43-46-41(33-21-11-15-27-13-3-5-17-29(27)33)45-42(47-43)34-22-12-16-28-14-4-6-18-30(28)34;1-36(2)28-19-11-9-17-25(28)26-21-22-30-31(32(26)36)27-18-10-12-20-29(27)40(30)35-38-33(23-13-5-3-6-14-23)37-34(39-35)24-15-7-4-8-16-24/h3-28H,1-2H3;3-26H,1-2H3;3-22H,1-2H3. The highest BCUT2D eigenvalue weighted by molar-refractivity contribution is 6.18. The van der Waals surface area contributed by atoms with Crippen LogP contribution in [0, 0.1) is 0 Å². The third kappa shape index (κ3) is 12.2. The predicted octanol–water partition coefficient (Wildman–Crippen LogP) is 31.0. The molecule has 0 aliphatic heterocycles. The van der Waals surface area contributed by atoms with Crippen molar-refractivity contribution in [2.75, 3.05) is 0 Å². The third-order valence-corrected chi connectivity index (χ3v) is 30.2. The van der Waals surface area contributed by atoms with Crippen LogP contribution in [0.25, 0.3) is 239 Å². The maximum Gasteiger partial charge on any atom is 0.241 e. The first-order chi connectivity index (χ1) is 69.8. The number of hydrogen-bond donors (Lipinski definition) is 0. The van der Waals surface area contributed by atoms with Crippen molar-refractivity contribution < 1.29 is 0 Å². The smallest absolute Gasteiger partial charge is 0.241 e. The van der Waals surface area contributed by atoms with Gasteiger partial charge in [-0.3, -0.25) is 22.8 Å². The van der Waals surface area contributed by atoms with E-state index in [-0.39, 0.29) is 16.2 Å². The summed E-state index contributed by atoms with van der Waals surface area (Å²) < 4.78 is 11.1. The van der Waals surface area contributed by atoms with Gasteiger partial charge in [0.1, 0.15) is 0 Å². The van der Waals surface area contributed by atoms with E-state index in [1.165, 1.54) is 99.1 Å². The van der Waals surface area contributed by atoms with Gasteiger partial charge in [-0.2, -0.15) is 34.9 Å². The van der Waals surface area contributed by atoms with E-state index < -0.39 is 0 Å². The normalized spacial score (nSPS) is 13.5. The van der Waals surface area contributed by atoms with Gasteiger partial charge in [-0.05, 0) is 149 Å². The molecule has 0 radical (unpaired) electrons. The molecule has 0 spiro atoms. The zero-order chi connectivity index (χ0) is 94.5. The summed E-state index contributed by atoms with van der Waals surface area (Å²) in [5, 5.41) is 16.5. The van der Waals surface area contributed by atoms with Crippen LogP contribution in [0.5, 0.6) is 0 Å². The van der Waals surface area contributed by atoms with Crippen molar-refractivity contribution in [3.05, 3.63) is 458 Å². The number of para-hydroxylation sites is 7. The summed E-state index contributed by atoms with van der Waals surface area (Å²) in [6, 6.07) is 150. The molecule has 0 bridgehead atoms. The average molecular weight is 1820 g/mol. The van der Waals surface area contributed by atoms with Crippen molar-refractivity contribution in [1.29, 1.82) is 0 Å². The Hall–Kier alpha value is -18.3. The second-order valence-electron chi connectivity index (χ2n) is 39.0. The van der Waals surface area contributed by atoms with Crippen LogP contribution < -0.4 is 0 Å². The average Bonchev–Trinajstić information content (AvgIpc) is 1.54. The molecule has 30 rings (SSSR count). The van der Waals surface area contributed by atoms with Gasteiger partial charge < -0.3 is 0 Å². The highest BCUT2D eigenvalue weighted by Gasteiger charge is 2.42. The molecule has 19 aromatic carbocycles. The molecule has 8 heterocycles. The van der Waals surface area contributed by atoms with E-state index in [0.717, 1.165) is 121 Å². The summed E-state index contributed by atoms with van der Waals surface area (Å²) >= 11 is 0. The minimum Gasteiger partial charge on any atom is -0.278 e. The first-order valence-electron chi connectivity index (χ1n) is 48.6. The quantitative estimate of drug-likeness (QED) is 0.138. The van der Waals surface area contributed by atoms with Crippen molar-refractivity contribution in [1.82, 2.24) is 67.7 Å². The highest BCUT2D eigenvalue weighted by Crippen LogP contribution is 2.58. The third-order valence-electron chi connectivity index (χ3n) is 30.2. The SMILES string of the molecule is CC1(C)c2ccccc2-c2ccc3c(c21)c1ccccc1n3-c1nc(-c2cccc3ccccc23)nc(-c2cccc3ccccc23)n1.CC1(C)c2ccccc2-c2ccc3c(c21)c1ccccc1n3-c1nc(-c2ccccc2)nc(-c2ccccc2)n1.CC1(C)c2ccccc2-c2ccc3c(c21)c1ccccc1n3-c1nc(-n2c3ccccc3c3ccccc32)nc(-n2c3ccccc3c3ccccc32)n1. The fourth-order valence-electron chi connectivity index (χ4n) is 24.0. The Morgan fingerprint density at radius 2 is 0.380 bits per heavy atom. The Balaban J connectivity index is 0.000000105. The van der Waals surface area contributed by atoms with Gasteiger partial charge in [0.25, 0.3) is 0 Å². The van der Waals surface area contributed by atoms with E-state index >= 15 is 0 Å². The lowest BCUT2D eigenvalue weighted by molar-refractivity contribution is 0.666. The molecule has 27 aromatic rings. The van der Waals surface area contributed by atoms with E-state index in [2.05, 4.69) is 428 Å². The van der Waals surface area contributed by atoms with Crippen molar-refractivity contribution in [2.24, 2.45) is 0 Å². The summed E-state index contributed by atoms with van der Waals surface area (Å²) in [5.74, 6) is 5.54. The van der Waals surface area contributed by atoms with Crippen LogP contribution in [-0.2, 0) is 16.2 Å². The Labute approximate surface area is 817 Å². The lowest BCUT2D eigenvalue weighted by Gasteiger charge is -2.22. The van der Waals surface area contributed by atoms with E-state index in [1.807, 2.05) is 60.7 Å². The number of benzene rings is 19. The number of fused-ring (bicyclic) bond motifs is 29. The lowest BCUT2D eigenvalue weighted by atomic mass is 9.80. The fraction of sp³-hybridized carbons (Fsp3) is 0.0703. The molecule has 0 unspecified atom stereocenters. The van der Waals surface area contributed by atoms with Crippen LogP contribution >= 0.6 is 0 Å². The second-order valence-corrected chi connectivity index (χ2v) is 39.0. The van der Waals surface area contributed by atoms with E-state index in [9.17, 15) is 0 Å². The molecular weight excluding hydrogens is 1730 g/mol. The lowest BCUT2D eigenvalue weighted by Crippen LogP contribution is -2.15. The first-order valence-corrected chi connectivity index (χ1v) is 48.6. The minimum absolute atomic E-state index is 0.135. The van der Waals surface area contributed by atoms with Gasteiger partial charge in [-0.1, -0.05) is 406 Å². The van der Waals surface area contributed by atoms with Crippen molar-refractivity contribution >= 4 is 131 Å². The maximum atomic E-state index is 5.45. The van der Waals surface area contributed by atoms with E-state index in [1.54, 1.807) is 0 Å². The molecule has 8 aromatic heterocycles. The molecule has 3 aliphatic carbocycles. The van der Waals surface area contributed by atoms with Gasteiger partial charge in [-0.15, -0.1) is 0 Å². The van der Waals surface area contributed by atoms with Gasteiger partial charge in [0.15, 0.2) is 23.3 Å². The molecule has 0 fully saturated rings. The number of nitrogens with zero attached hydrogens (tertiary/aromatic N) is 14. The molecule has 0 amide bonds. The monoisotopic (exact) mass is 1820 g/mol. The molecule has 142 heavy (non-hydrogen) atoms. The maximum absolute atomic E-state index is 5.45. The largest absolute Gasteiger partial charge is 0.278 e. The first kappa shape index (κ1) is 82.0. The van der Waals surface area contributed by atoms with Crippen LogP contribution in [0.1, 0.15) is 74.9 Å². The molecule has 14 nitrogen and oxygen atoms in total. The molecular formula is C128H88N14. The Morgan fingerprint density at radius 1 is 0.155 bits per heavy atom. The van der Waals surface area contributed by atoms with Gasteiger partial charge in [0, 0.05) is 92.4 Å². The number of aromatic nitrogens is 14. The molecule has 3 aliphatic rings. The van der Waals surface area contributed by atoms with Crippen LogP contribution in [0.3, 0.4) is 0 Å². The van der Waals surface area contributed by atoms with E-state index in [0.29, 0.717) is 53.0 Å². The number of rotatable bonds is 9. The Kier molecular flexibility index (Phi) is 18.1. The molecule has 0 saturated carbocycles. The molecule has 0 atom stereocenters. The molecule has 14 heteroatoms. The summed E-state index contributed by atoms with van der Waals surface area (Å²) in [4.78, 5) is 47.2. The van der Waals surface area contributed by atoms with Crippen molar-refractivity contribution in [3.8, 4) is 109 Å². The Bertz CT molecular complexity index is 9600. The molecule has 0 saturated heterocycles. The summed E-state index contributed by atoms with van der Waals surface area (Å²) in [7, 11) is 0. The van der Waals surface area contributed by atoms with Gasteiger partial charge in [0.2, 0.25) is 29.7 Å². The van der Waals surface area contributed by atoms with Crippen LogP contribution in [0.4, 0.5) is 0 Å². The van der Waals surface area contributed by atoms with Gasteiger partial charge >= 0.3 is 0 Å². The molecule has 670 valence electrons. The predicted molar refractivity (Wildman–Crippen MR) is 581 cm³/mol. The van der Waals surface area contributed by atoms with Crippen molar-refractivity contribution in [3.63, 3.8) is 0 Å². The summed E-state index contributed by atoms with van der Waals surface area (Å²) in [5.41, 5.74) is 30.0. The van der Waals surface area contributed by atoms with Gasteiger partial charge in [0.05, 0.1) is 55.2 Å². The Morgan fingerprint density at radius 3 is 0.704 bits per heavy atom. The molecule has 0 N–H and O–H groups in total. The number of hydrogen-bond acceptors (Lipinski definition) is 9. The minimum atomic E-state index is -0.193. The second kappa shape index (κ2) is 31.4. The zero-order valence-electron chi connectivity index (χ0n) is 78.7.